The Morgan fingerprint density at radius 1 is 1.30 bits per heavy atom. The topological polar surface area (TPSA) is 79.9 Å². The van der Waals surface area contributed by atoms with Crippen LogP contribution >= 0.6 is 0 Å². The first-order chi connectivity index (χ1) is 9.72. The molecule has 114 valence electrons. The molecule has 2 unspecified atom stereocenters. The van der Waals surface area contributed by atoms with Crippen molar-refractivity contribution in [2.75, 3.05) is 46.1 Å². The van der Waals surface area contributed by atoms with Gasteiger partial charge in [0, 0.05) is 19.6 Å². The Bertz CT molecular complexity index is 339. The first-order valence-electron chi connectivity index (χ1n) is 7.20. The second kappa shape index (κ2) is 7.56. The zero-order valence-corrected chi connectivity index (χ0v) is 11.9. The molecule has 0 bridgehead atoms. The molecule has 0 aromatic carbocycles. The van der Waals surface area contributed by atoms with Crippen molar-refractivity contribution in [2.24, 2.45) is 0 Å². The summed E-state index contributed by atoms with van der Waals surface area (Å²) < 4.78 is 10.5. The molecule has 2 aliphatic heterocycles. The fourth-order valence-electron chi connectivity index (χ4n) is 2.35. The monoisotopic (exact) mass is 285 g/mol. The Morgan fingerprint density at radius 3 is 2.65 bits per heavy atom. The highest BCUT2D eigenvalue weighted by Crippen LogP contribution is 2.04. The Kier molecular flexibility index (Phi) is 5.75. The van der Waals surface area contributed by atoms with Crippen LogP contribution in [0.25, 0.3) is 0 Å². The summed E-state index contributed by atoms with van der Waals surface area (Å²) in [4.78, 5) is 26.2. The van der Waals surface area contributed by atoms with E-state index in [1.807, 2.05) is 6.92 Å². The van der Waals surface area contributed by atoms with Crippen LogP contribution in [-0.4, -0.2) is 74.9 Å². The summed E-state index contributed by atoms with van der Waals surface area (Å²) in [6.45, 7) is 5.84. The van der Waals surface area contributed by atoms with Crippen molar-refractivity contribution in [3.05, 3.63) is 0 Å². The van der Waals surface area contributed by atoms with E-state index in [4.69, 9.17) is 9.47 Å². The summed E-state index contributed by atoms with van der Waals surface area (Å²) in [5, 5.41) is 5.90. The third-order valence-corrected chi connectivity index (χ3v) is 3.58. The predicted octanol–water partition coefficient (Wildman–Crippen LogP) is -1.27. The van der Waals surface area contributed by atoms with Crippen molar-refractivity contribution >= 4 is 11.8 Å². The van der Waals surface area contributed by atoms with Crippen molar-refractivity contribution in [1.82, 2.24) is 15.5 Å². The first kappa shape index (κ1) is 15.2. The van der Waals surface area contributed by atoms with Gasteiger partial charge in [0.05, 0.1) is 26.4 Å². The third-order valence-electron chi connectivity index (χ3n) is 3.58. The van der Waals surface area contributed by atoms with Gasteiger partial charge in [-0.05, 0) is 6.42 Å². The van der Waals surface area contributed by atoms with Gasteiger partial charge in [0.15, 0.2) is 0 Å². The maximum absolute atomic E-state index is 12.4. The maximum Gasteiger partial charge on any atom is 0.245 e. The molecule has 0 saturated carbocycles. The Hall–Kier alpha value is -1.18. The first-order valence-corrected chi connectivity index (χ1v) is 7.20. The predicted molar refractivity (Wildman–Crippen MR) is 72.2 cm³/mol. The van der Waals surface area contributed by atoms with Gasteiger partial charge in [0.2, 0.25) is 11.8 Å². The Morgan fingerprint density at radius 2 is 2.05 bits per heavy atom. The molecule has 0 spiro atoms. The number of hydrogen-bond acceptors (Lipinski definition) is 5. The van der Waals surface area contributed by atoms with E-state index in [1.165, 1.54) is 0 Å². The average molecular weight is 285 g/mol. The number of carbonyl (C=O) groups excluding carboxylic acids is 2. The lowest BCUT2D eigenvalue weighted by Crippen LogP contribution is -2.57. The van der Waals surface area contributed by atoms with E-state index in [1.54, 1.807) is 4.90 Å². The van der Waals surface area contributed by atoms with Gasteiger partial charge in [-0.3, -0.25) is 9.59 Å². The molecule has 7 nitrogen and oxygen atoms in total. The van der Waals surface area contributed by atoms with Gasteiger partial charge >= 0.3 is 0 Å². The highest BCUT2D eigenvalue weighted by atomic mass is 16.5. The van der Waals surface area contributed by atoms with Crippen molar-refractivity contribution in [2.45, 2.75) is 25.4 Å². The average Bonchev–Trinajstić information content (AvgIpc) is 2.53. The van der Waals surface area contributed by atoms with E-state index in [9.17, 15) is 9.59 Å². The summed E-state index contributed by atoms with van der Waals surface area (Å²) in [6.07, 6.45) is 0.579. The van der Waals surface area contributed by atoms with Crippen LogP contribution in [0.1, 0.15) is 13.3 Å². The molecule has 2 heterocycles. The summed E-state index contributed by atoms with van der Waals surface area (Å²) >= 11 is 0. The number of rotatable bonds is 4. The molecule has 2 atom stereocenters. The minimum absolute atomic E-state index is 0.0270. The molecule has 7 heteroatoms. The lowest BCUT2D eigenvalue weighted by Gasteiger charge is -2.31. The van der Waals surface area contributed by atoms with E-state index >= 15 is 0 Å². The molecule has 2 rings (SSSR count). The number of nitrogens with zero attached hydrogens (tertiary/aromatic N) is 1. The van der Waals surface area contributed by atoms with E-state index in [2.05, 4.69) is 10.6 Å². The fraction of sp³-hybridized carbons (Fsp3) is 0.846. The van der Waals surface area contributed by atoms with Crippen LogP contribution in [0.5, 0.6) is 0 Å². The molecule has 2 N–H and O–H groups in total. The van der Waals surface area contributed by atoms with Crippen molar-refractivity contribution < 1.29 is 19.1 Å². The summed E-state index contributed by atoms with van der Waals surface area (Å²) in [6, 6.07) is -0.834. The second-order valence-electron chi connectivity index (χ2n) is 4.99. The standard InChI is InChI=1S/C13H23N3O4/c1-2-10(13(18)16-4-7-19-8-5-16)15-12(17)11-9-20-6-3-14-11/h10-11,14H,2-9H2,1H3,(H,15,17). The Balaban J connectivity index is 1.86. The number of carbonyl (C=O) groups is 2. The van der Waals surface area contributed by atoms with E-state index in [0.717, 1.165) is 0 Å². The lowest BCUT2D eigenvalue weighted by atomic mass is 10.1. The van der Waals surface area contributed by atoms with Gasteiger partial charge in [-0.2, -0.15) is 0 Å². The van der Waals surface area contributed by atoms with Crippen LogP contribution in [0.4, 0.5) is 0 Å². The molecule has 2 saturated heterocycles. The molecular weight excluding hydrogens is 262 g/mol. The number of ether oxygens (including phenoxy) is 2. The van der Waals surface area contributed by atoms with Crippen molar-refractivity contribution in [3.63, 3.8) is 0 Å². The Labute approximate surface area is 119 Å². The second-order valence-corrected chi connectivity index (χ2v) is 4.99. The summed E-state index contributed by atoms with van der Waals surface area (Å²) in [5.41, 5.74) is 0. The number of morpholine rings is 2. The van der Waals surface area contributed by atoms with Gasteiger partial charge in [0.25, 0.3) is 0 Å². The number of nitrogens with one attached hydrogen (secondary N) is 2. The fourth-order valence-corrected chi connectivity index (χ4v) is 2.35. The van der Waals surface area contributed by atoms with Crippen LogP contribution in [0.3, 0.4) is 0 Å². The molecular formula is C13H23N3O4. The van der Waals surface area contributed by atoms with Crippen LogP contribution in [-0.2, 0) is 19.1 Å². The highest BCUT2D eigenvalue weighted by molar-refractivity contribution is 5.89. The van der Waals surface area contributed by atoms with Gasteiger partial charge < -0.3 is 25.0 Å². The zero-order chi connectivity index (χ0) is 14.4. The van der Waals surface area contributed by atoms with Crippen molar-refractivity contribution in [1.29, 1.82) is 0 Å². The van der Waals surface area contributed by atoms with Gasteiger partial charge in [0.1, 0.15) is 12.1 Å². The largest absolute Gasteiger partial charge is 0.378 e. The van der Waals surface area contributed by atoms with Crippen LogP contribution in [0.15, 0.2) is 0 Å². The normalized spacial score (nSPS) is 25.1. The third kappa shape index (κ3) is 3.91. The van der Waals surface area contributed by atoms with Gasteiger partial charge in [-0.25, -0.2) is 0 Å². The number of hydrogen-bond donors (Lipinski definition) is 2. The molecule has 20 heavy (non-hydrogen) atoms. The van der Waals surface area contributed by atoms with Crippen LogP contribution in [0.2, 0.25) is 0 Å². The minimum Gasteiger partial charge on any atom is -0.378 e. The molecule has 2 aliphatic rings. The molecule has 0 aliphatic carbocycles. The minimum atomic E-state index is -0.468. The molecule has 0 radical (unpaired) electrons. The molecule has 0 aromatic rings. The number of amides is 2. The molecule has 2 fully saturated rings. The summed E-state index contributed by atoms with van der Waals surface area (Å²) in [5.74, 6) is -0.195. The molecule has 0 aromatic heterocycles. The lowest BCUT2D eigenvalue weighted by molar-refractivity contribution is -0.140. The summed E-state index contributed by atoms with van der Waals surface area (Å²) in [7, 11) is 0. The SMILES string of the molecule is CCC(NC(=O)C1COCCN1)C(=O)N1CCOCC1. The van der Waals surface area contributed by atoms with E-state index in [0.29, 0.717) is 52.5 Å². The van der Waals surface area contributed by atoms with Gasteiger partial charge in [-0.15, -0.1) is 0 Å². The molecule has 2 amide bonds. The highest BCUT2D eigenvalue weighted by Gasteiger charge is 2.29. The van der Waals surface area contributed by atoms with E-state index in [-0.39, 0.29) is 17.9 Å². The smallest absolute Gasteiger partial charge is 0.245 e. The maximum atomic E-state index is 12.4. The van der Waals surface area contributed by atoms with Gasteiger partial charge in [-0.1, -0.05) is 6.92 Å². The van der Waals surface area contributed by atoms with Crippen LogP contribution in [0, 0.1) is 0 Å². The van der Waals surface area contributed by atoms with E-state index < -0.39 is 6.04 Å². The quantitative estimate of drug-likeness (QED) is 0.673. The van der Waals surface area contributed by atoms with Crippen LogP contribution < -0.4 is 10.6 Å². The van der Waals surface area contributed by atoms with Crippen molar-refractivity contribution in [3.8, 4) is 0 Å². The zero-order valence-electron chi connectivity index (χ0n) is 11.9.